The van der Waals surface area contributed by atoms with Crippen LogP contribution in [0.5, 0.6) is 17.2 Å². The summed E-state index contributed by atoms with van der Waals surface area (Å²) in [6.07, 6.45) is 1.80. The molecule has 0 bridgehead atoms. The number of hydrogen-bond acceptors (Lipinski definition) is 10. The number of aromatic nitrogens is 1. The number of benzene rings is 2. The third-order valence-corrected chi connectivity index (χ3v) is 7.34. The van der Waals surface area contributed by atoms with Crippen molar-refractivity contribution in [3.8, 4) is 17.2 Å². The van der Waals surface area contributed by atoms with Gasteiger partial charge in [0.2, 0.25) is 0 Å². The Morgan fingerprint density at radius 1 is 1.15 bits per heavy atom. The molecule has 1 aliphatic heterocycles. The van der Waals surface area contributed by atoms with E-state index >= 15 is 0 Å². The first-order valence-electron chi connectivity index (χ1n) is 12.2. The average Bonchev–Trinajstić information content (AvgIpc) is 3.44. The Hall–Kier alpha value is -4.38. The number of rotatable bonds is 9. The van der Waals surface area contributed by atoms with Gasteiger partial charge in [-0.05, 0) is 43.2 Å². The molecule has 10 nitrogen and oxygen atoms in total. The number of unbranched alkanes of at least 4 members (excludes halogenated alkanes) is 1. The fourth-order valence-electron chi connectivity index (χ4n) is 4.20. The number of phenols is 1. The minimum atomic E-state index is -1.14. The fourth-order valence-corrected chi connectivity index (χ4v) is 5.21. The molecular weight excluding hydrogens is 524 g/mol. The van der Waals surface area contributed by atoms with Gasteiger partial charge in [-0.3, -0.25) is 14.5 Å². The number of aliphatic hydroxyl groups excluding tert-OH is 1. The summed E-state index contributed by atoms with van der Waals surface area (Å²) in [7, 11) is 2.60. The van der Waals surface area contributed by atoms with E-state index in [4.69, 9.17) is 14.2 Å². The normalized spacial score (nSPS) is 16.4. The van der Waals surface area contributed by atoms with Gasteiger partial charge < -0.3 is 24.4 Å². The summed E-state index contributed by atoms with van der Waals surface area (Å²) in [4.78, 5) is 44.8. The van der Waals surface area contributed by atoms with Crippen molar-refractivity contribution in [2.45, 2.75) is 32.7 Å². The molecule has 0 radical (unpaired) electrons. The Balaban J connectivity index is 1.90. The summed E-state index contributed by atoms with van der Waals surface area (Å²) in [5, 5.41) is 21.6. The summed E-state index contributed by atoms with van der Waals surface area (Å²) in [5.74, 6) is -2.44. The Labute approximate surface area is 229 Å². The smallest absolute Gasteiger partial charge is 0.350 e. The number of ether oxygens (including phenoxy) is 3. The third-order valence-electron chi connectivity index (χ3n) is 6.20. The van der Waals surface area contributed by atoms with Crippen LogP contribution < -0.4 is 14.4 Å². The summed E-state index contributed by atoms with van der Waals surface area (Å²) in [5.41, 5.74) is 0.783. The second-order valence-corrected chi connectivity index (χ2v) is 9.71. The monoisotopic (exact) mass is 552 g/mol. The number of ketones is 1. The largest absolute Gasteiger partial charge is 0.507 e. The minimum Gasteiger partial charge on any atom is -0.507 e. The number of aryl methyl sites for hydroxylation is 1. The van der Waals surface area contributed by atoms with Gasteiger partial charge in [0.05, 0.1) is 38.1 Å². The quantitative estimate of drug-likeness (QED) is 0.127. The zero-order chi connectivity index (χ0) is 28.3. The van der Waals surface area contributed by atoms with E-state index in [1.807, 2.05) is 6.92 Å². The van der Waals surface area contributed by atoms with Crippen molar-refractivity contribution in [3.05, 3.63) is 69.7 Å². The number of aromatic hydroxyl groups is 1. The Kier molecular flexibility index (Phi) is 8.20. The molecule has 2 aromatic carbocycles. The molecule has 3 aromatic rings. The van der Waals surface area contributed by atoms with Crippen molar-refractivity contribution in [3.63, 3.8) is 0 Å². The van der Waals surface area contributed by atoms with Crippen LogP contribution in [0.4, 0.5) is 5.13 Å². The third kappa shape index (κ3) is 5.30. The maximum atomic E-state index is 13.5. The standard InChI is InChI=1S/C28H28N2O8S/c1-5-6-12-38-18-9-7-8-17(13-18)23(32)21-22(16-10-11-19(31)20(14-16)36-3)30(26(34)24(21)33)28-29-15(2)25(39-28)27(35)37-4/h7-11,13-14,22,31-32H,5-6,12H2,1-4H3. The lowest BCUT2D eigenvalue weighted by Crippen LogP contribution is -2.29. The molecule has 11 heteroatoms. The lowest BCUT2D eigenvalue weighted by Gasteiger charge is -2.23. The van der Waals surface area contributed by atoms with Crippen LogP contribution in [0.15, 0.2) is 48.0 Å². The van der Waals surface area contributed by atoms with Gasteiger partial charge in [0, 0.05) is 5.56 Å². The maximum Gasteiger partial charge on any atom is 0.350 e. The number of hydrogen-bond donors (Lipinski definition) is 2. The molecule has 204 valence electrons. The molecule has 1 unspecified atom stereocenters. The van der Waals surface area contributed by atoms with E-state index in [1.165, 1.54) is 32.4 Å². The van der Waals surface area contributed by atoms with E-state index in [2.05, 4.69) is 4.98 Å². The van der Waals surface area contributed by atoms with Crippen LogP contribution in [0.3, 0.4) is 0 Å². The molecule has 1 aliphatic rings. The average molecular weight is 553 g/mol. The number of aliphatic hydroxyl groups is 1. The lowest BCUT2D eigenvalue weighted by molar-refractivity contribution is -0.132. The first-order valence-corrected chi connectivity index (χ1v) is 13.0. The zero-order valence-corrected chi connectivity index (χ0v) is 22.7. The van der Waals surface area contributed by atoms with Crippen molar-refractivity contribution in [1.82, 2.24) is 4.98 Å². The van der Waals surface area contributed by atoms with Gasteiger partial charge in [0.1, 0.15) is 16.4 Å². The number of Topliss-reactive ketones (excluding diaryl/α,β-unsaturated/α-hetero) is 1. The number of nitrogens with zero attached hydrogens (tertiary/aromatic N) is 2. The van der Waals surface area contributed by atoms with Crippen molar-refractivity contribution >= 4 is 39.9 Å². The van der Waals surface area contributed by atoms with Crippen LogP contribution in [0.2, 0.25) is 0 Å². The van der Waals surface area contributed by atoms with Gasteiger partial charge in [0.15, 0.2) is 16.6 Å². The van der Waals surface area contributed by atoms with E-state index in [9.17, 15) is 24.6 Å². The number of amides is 1. The van der Waals surface area contributed by atoms with Crippen molar-refractivity contribution in [2.75, 3.05) is 25.7 Å². The summed E-state index contributed by atoms with van der Waals surface area (Å²) >= 11 is 0.892. The molecule has 4 rings (SSSR count). The number of anilines is 1. The Morgan fingerprint density at radius 3 is 2.62 bits per heavy atom. The Morgan fingerprint density at radius 2 is 1.92 bits per heavy atom. The molecule has 0 spiro atoms. The van der Waals surface area contributed by atoms with Gasteiger partial charge in [-0.2, -0.15) is 0 Å². The van der Waals surface area contributed by atoms with Crippen LogP contribution >= 0.6 is 11.3 Å². The van der Waals surface area contributed by atoms with E-state index in [-0.39, 0.29) is 32.6 Å². The van der Waals surface area contributed by atoms with E-state index in [0.29, 0.717) is 23.6 Å². The molecule has 1 fully saturated rings. The van der Waals surface area contributed by atoms with Crippen molar-refractivity contribution in [1.29, 1.82) is 0 Å². The van der Waals surface area contributed by atoms with Gasteiger partial charge in [-0.25, -0.2) is 9.78 Å². The second-order valence-electron chi connectivity index (χ2n) is 8.73. The van der Waals surface area contributed by atoms with Crippen LogP contribution in [0, 0.1) is 6.92 Å². The number of methoxy groups -OCH3 is 2. The molecular formula is C28H28N2O8S. The number of esters is 1. The molecule has 1 atom stereocenters. The molecule has 0 aliphatic carbocycles. The molecule has 2 heterocycles. The highest BCUT2D eigenvalue weighted by Crippen LogP contribution is 2.45. The second kappa shape index (κ2) is 11.6. The molecule has 1 amide bonds. The molecule has 1 aromatic heterocycles. The molecule has 2 N–H and O–H groups in total. The summed E-state index contributed by atoms with van der Waals surface area (Å²) in [6.45, 7) is 4.12. The predicted octanol–water partition coefficient (Wildman–Crippen LogP) is 4.76. The highest BCUT2D eigenvalue weighted by Gasteiger charge is 2.48. The highest BCUT2D eigenvalue weighted by molar-refractivity contribution is 7.17. The van der Waals surface area contributed by atoms with Crippen molar-refractivity contribution < 1.29 is 38.8 Å². The van der Waals surface area contributed by atoms with E-state index in [1.54, 1.807) is 31.2 Å². The van der Waals surface area contributed by atoms with E-state index in [0.717, 1.165) is 29.1 Å². The summed E-state index contributed by atoms with van der Waals surface area (Å²) < 4.78 is 15.8. The number of carbonyl (C=O) groups is 3. The van der Waals surface area contributed by atoms with Crippen LogP contribution in [0.25, 0.3) is 5.76 Å². The van der Waals surface area contributed by atoms with Crippen LogP contribution in [-0.2, 0) is 14.3 Å². The highest BCUT2D eigenvalue weighted by atomic mass is 32.1. The fraction of sp³-hybridized carbons (Fsp3) is 0.286. The summed E-state index contributed by atoms with van der Waals surface area (Å²) in [6, 6.07) is 9.82. The zero-order valence-electron chi connectivity index (χ0n) is 21.9. The first kappa shape index (κ1) is 27.6. The van der Waals surface area contributed by atoms with Gasteiger partial charge in [-0.1, -0.05) is 42.9 Å². The minimum absolute atomic E-state index is 0.0720. The molecule has 39 heavy (non-hydrogen) atoms. The first-order chi connectivity index (χ1) is 18.7. The Bertz CT molecular complexity index is 1460. The maximum absolute atomic E-state index is 13.5. The molecule has 1 saturated heterocycles. The SMILES string of the molecule is CCCCOc1cccc(C(O)=C2C(=O)C(=O)N(c3nc(C)c(C(=O)OC)s3)C2c2ccc(O)c(OC)c2)c1. The number of thiazole rings is 1. The topological polar surface area (TPSA) is 135 Å². The van der Waals surface area contributed by atoms with Gasteiger partial charge in [-0.15, -0.1) is 0 Å². The van der Waals surface area contributed by atoms with Gasteiger partial charge in [0.25, 0.3) is 5.78 Å². The lowest BCUT2D eigenvalue weighted by atomic mass is 9.95. The van der Waals surface area contributed by atoms with Gasteiger partial charge >= 0.3 is 11.9 Å². The van der Waals surface area contributed by atoms with Crippen LogP contribution in [0.1, 0.15) is 52.3 Å². The molecule has 0 saturated carbocycles. The van der Waals surface area contributed by atoms with E-state index < -0.39 is 29.5 Å². The number of carbonyl (C=O) groups excluding carboxylic acids is 3. The number of phenolic OH excluding ortho intramolecular Hbond substituents is 1. The predicted molar refractivity (Wildman–Crippen MR) is 144 cm³/mol. The van der Waals surface area contributed by atoms with Crippen molar-refractivity contribution in [2.24, 2.45) is 0 Å². The van der Waals surface area contributed by atoms with Crippen LogP contribution in [-0.4, -0.2) is 53.7 Å².